The lowest BCUT2D eigenvalue weighted by Gasteiger charge is -2.35. The molecule has 3 rings (SSSR count). The molecule has 29 heavy (non-hydrogen) atoms. The number of piperidine rings is 1. The van der Waals surface area contributed by atoms with Crippen molar-refractivity contribution in [2.24, 2.45) is 5.92 Å². The number of likely N-dealkylation sites (tertiary alicyclic amines) is 1. The molecule has 8 heteroatoms. The number of ether oxygens (including phenoxy) is 1. The van der Waals surface area contributed by atoms with Gasteiger partial charge in [0, 0.05) is 32.0 Å². The van der Waals surface area contributed by atoms with Crippen molar-refractivity contribution >= 4 is 11.8 Å². The van der Waals surface area contributed by atoms with E-state index in [1.54, 1.807) is 11.0 Å². The summed E-state index contributed by atoms with van der Waals surface area (Å²) in [5.41, 5.74) is 0. The van der Waals surface area contributed by atoms with Gasteiger partial charge in [-0.05, 0) is 30.2 Å². The molecule has 0 aliphatic carbocycles. The Morgan fingerprint density at radius 3 is 2.52 bits per heavy atom. The summed E-state index contributed by atoms with van der Waals surface area (Å²) in [6, 6.07) is 5.65. The zero-order chi connectivity index (χ0) is 21.0. The quantitative estimate of drug-likeness (QED) is 0.798. The van der Waals surface area contributed by atoms with Crippen molar-refractivity contribution in [3.05, 3.63) is 54.0 Å². The molecule has 1 saturated heterocycles. The smallest absolute Gasteiger partial charge is 0.287 e. The van der Waals surface area contributed by atoms with Crippen molar-refractivity contribution in [3.8, 4) is 5.75 Å². The van der Waals surface area contributed by atoms with Gasteiger partial charge < -0.3 is 19.4 Å². The van der Waals surface area contributed by atoms with Crippen LogP contribution in [-0.2, 0) is 4.79 Å². The number of hydrogen-bond acceptors (Lipinski definition) is 4. The minimum Gasteiger partial charge on any atom is -0.487 e. The fraction of sp³-hybridized carbons (Fsp3) is 0.429. The van der Waals surface area contributed by atoms with E-state index in [4.69, 9.17) is 9.15 Å². The summed E-state index contributed by atoms with van der Waals surface area (Å²) < 4.78 is 37.5. The SMILES string of the molecule is CC(C)C(NC(=O)c1ccco1)C(=O)N1CCC(Oc2ccc(F)cc2F)CC1. The van der Waals surface area contributed by atoms with Crippen LogP contribution in [0.3, 0.4) is 0 Å². The lowest BCUT2D eigenvalue weighted by Crippen LogP contribution is -2.53. The third-order valence-electron chi connectivity index (χ3n) is 4.91. The minimum atomic E-state index is -0.746. The maximum absolute atomic E-state index is 13.8. The molecule has 0 radical (unpaired) electrons. The molecule has 1 aliphatic heterocycles. The van der Waals surface area contributed by atoms with Crippen LogP contribution in [0.4, 0.5) is 8.78 Å². The van der Waals surface area contributed by atoms with Gasteiger partial charge in [0.2, 0.25) is 5.91 Å². The van der Waals surface area contributed by atoms with E-state index < -0.39 is 23.6 Å². The van der Waals surface area contributed by atoms with E-state index in [1.165, 1.54) is 18.4 Å². The Labute approximate surface area is 167 Å². The molecule has 2 aromatic rings. The molecule has 1 aromatic carbocycles. The average molecular weight is 406 g/mol. The molecule has 1 fully saturated rings. The highest BCUT2D eigenvalue weighted by Gasteiger charge is 2.32. The lowest BCUT2D eigenvalue weighted by atomic mass is 10.00. The summed E-state index contributed by atoms with van der Waals surface area (Å²) in [6.07, 6.45) is 2.16. The molecular weight excluding hydrogens is 382 g/mol. The molecule has 0 spiro atoms. The van der Waals surface area contributed by atoms with Crippen molar-refractivity contribution < 1.29 is 27.5 Å². The number of nitrogens with zero attached hydrogens (tertiary/aromatic N) is 1. The molecular formula is C21H24F2N2O4. The zero-order valence-corrected chi connectivity index (χ0v) is 16.4. The van der Waals surface area contributed by atoms with Crippen molar-refractivity contribution in [1.29, 1.82) is 0 Å². The largest absolute Gasteiger partial charge is 0.487 e. The number of halogens is 2. The average Bonchev–Trinajstić information content (AvgIpc) is 3.23. The van der Waals surface area contributed by atoms with E-state index in [-0.39, 0.29) is 29.4 Å². The fourth-order valence-corrected chi connectivity index (χ4v) is 3.27. The Balaban J connectivity index is 1.56. The van der Waals surface area contributed by atoms with Gasteiger partial charge in [0.1, 0.15) is 18.0 Å². The lowest BCUT2D eigenvalue weighted by molar-refractivity contribution is -0.136. The van der Waals surface area contributed by atoms with E-state index in [0.29, 0.717) is 25.9 Å². The van der Waals surface area contributed by atoms with Gasteiger partial charge in [-0.3, -0.25) is 9.59 Å². The van der Waals surface area contributed by atoms with Gasteiger partial charge in [0.15, 0.2) is 17.3 Å². The zero-order valence-electron chi connectivity index (χ0n) is 16.4. The number of amides is 2. The monoisotopic (exact) mass is 406 g/mol. The van der Waals surface area contributed by atoms with Gasteiger partial charge in [0.25, 0.3) is 5.91 Å². The van der Waals surface area contributed by atoms with Gasteiger partial charge in [-0.2, -0.15) is 0 Å². The summed E-state index contributed by atoms with van der Waals surface area (Å²) in [4.78, 5) is 26.9. The summed E-state index contributed by atoms with van der Waals surface area (Å²) >= 11 is 0. The molecule has 1 atom stereocenters. The first-order valence-electron chi connectivity index (χ1n) is 9.60. The Bertz CT molecular complexity index is 846. The molecule has 0 bridgehead atoms. The van der Waals surface area contributed by atoms with Crippen molar-refractivity contribution in [1.82, 2.24) is 10.2 Å². The number of furan rings is 1. The van der Waals surface area contributed by atoms with E-state index in [0.717, 1.165) is 12.1 Å². The van der Waals surface area contributed by atoms with Gasteiger partial charge in [-0.15, -0.1) is 0 Å². The van der Waals surface area contributed by atoms with Crippen LogP contribution in [0.25, 0.3) is 0 Å². The first kappa shape index (κ1) is 20.8. The third-order valence-corrected chi connectivity index (χ3v) is 4.91. The van der Waals surface area contributed by atoms with Crippen molar-refractivity contribution in [2.45, 2.75) is 38.8 Å². The van der Waals surface area contributed by atoms with Gasteiger partial charge >= 0.3 is 0 Å². The number of carbonyl (C=O) groups excluding carboxylic acids is 2. The molecule has 2 amide bonds. The van der Waals surface area contributed by atoms with Gasteiger partial charge in [-0.1, -0.05) is 13.8 Å². The van der Waals surface area contributed by atoms with Crippen LogP contribution < -0.4 is 10.1 Å². The molecule has 1 N–H and O–H groups in total. The highest BCUT2D eigenvalue weighted by molar-refractivity contribution is 5.95. The molecule has 2 heterocycles. The number of benzene rings is 1. The van der Waals surface area contributed by atoms with E-state index >= 15 is 0 Å². The first-order valence-corrected chi connectivity index (χ1v) is 9.60. The number of carbonyl (C=O) groups is 2. The maximum Gasteiger partial charge on any atom is 0.287 e. The predicted molar refractivity (Wildman–Crippen MR) is 101 cm³/mol. The number of hydrogen-bond donors (Lipinski definition) is 1. The Morgan fingerprint density at radius 2 is 1.93 bits per heavy atom. The highest BCUT2D eigenvalue weighted by Crippen LogP contribution is 2.23. The highest BCUT2D eigenvalue weighted by atomic mass is 19.1. The Hall–Kier alpha value is -2.90. The van der Waals surface area contributed by atoms with Crippen molar-refractivity contribution in [3.63, 3.8) is 0 Å². The molecule has 1 unspecified atom stereocenters. The molecule has 6 nitrogen and oxygen atoms in total. The standard InChI is InChI=1S/C21H24F2N2O4/c1-13(2)19(24-20(26)18-4-3-11-28-18)21(27)25-9-7-15(8-10-25)29-17-6-5-14(22)12-16(17)23/h3-6,11-13,15,19H,7-10H2,1-2H3,(H,24,26). The summed E-state index contributed by atoms with van der Waals surface area (Å²) in [5.74, 6) is -1.98. The van der Waals surface area contributed by atoms with Crippen LogP contribution in [0.2, 0.25) is 0 Å². The van der Waals surface area contributed by atoms with Crippen LogP contribution in [0.1, 0.15) is 37.2 Å². The van der Waals surface area contributed by atoms with Crippen LogP contribution in [0.5, 0.6) is 5.75 Å². The maximum atomic E-state index is 13.8. The summed E-state index contributed by atoms with van der Waals surface area (Å²) in [7, 11) is 0. The van der Waals surface area contributed by atoms with Gasteiger partial charge in [-0.25, -0.2) is 8.78 Å². The van der Waals surface area contributed by atoms with E-state index in [9.17, 15) is 18.4 Å². The second-order valence-electron chi connectivity index (χ2n) is 7.39. The molecule has 0 saturated carbocycles. The van der Waals surface area contributed by atoms with Crippen LogP contribution >= 0.6 is 0 Å². The Kier molecular flexibility index (Phi) is 6.51. The topological polar surface area (TPSA) is 71.8 Å². The normalized spacial score (nSPS) is 16.0. The van der Waals surface area contributed by atoms with E-state index in [2.05, 4.69) is 5.32 Å². The predicted octanol–water partition coefficient (Wildman–Crippen LogP) is 3.38. The fourth-order valence-electron chi connectivity index (χ4n) is 3.27. The second-order valence-corrected chi connectivity index (χ2v) is 7.39. The first-order chi connectivity index (χ1) is 13.8. The third kappa shape index (κ3) is 5.13. The molecule has 1 aromatic heterocycles. The van der Waals surface area contributed by atoms with Crippen LogP contribution in [0, 0.1) is 17.6 Å². The molecule has 1 aliphatic rings. The summed E-state index contributed by atoms with van der Waals surface area (Å²) in [6.45, 7) is 4.56. The van der Waals surface area contributed by atoms with E-state index in [1.807, 2.05) is 13.8 Å². The number of nitrogens with one attached hydrogen (secondary N) is 1. The summed E-state index contributed by atoms with van der Waals surface area (Å²) in [5, 5.41) is 2.74. The number of rotatable bonds is 6. The van der Waals surface area contributed by atoms with Crippen LogP contribution in [0.15, 0.2) is 41.0 Å². The van der Waals surface area contributed by atoms with Crippen molar-refractivity contribution in [2.75, 3.05) is 13.1 Å². The second kappa shape index (κ2) is 9.07. The minimum absolute atomic E-state index is 0.00180. The Morgan fingerprint density at radius 1 is 1.21 bits per heavy atom. The van der Waals surface area contributed by atoms with Gasteiger partial charge in [0.05, 0.1) is 6.26 Å². The van der Waals surface area contributed by atoms with Crippen LogP contribution in [-0.4, -0.2) is 41.9 Å². The molecule has 156 valence electrons.